The number of rotatable bonds is 6. The number of piperidine rings is 1. The summed E-state index contributed by atoms with van der Waals surface area (Å²) in [7, 11) is 0. The zero-order valence-corrected chi connectivity index (χ0v) is 14.8. The topological polar surface area (TPSA) is 70.4 Å². The van der Waals surface area contributed by atoms with E-state index in [2.05, 4.69) is 20.5 Å². The summed E-state index contributed by atoms with van der Waals surface area (Å²) < 4.78 is 5.59. The molecule has 1 aliphatic heterocycles. The van der Waals surface area contributed by atoms with E-state index in [4.69, 9.17) is 4.42 Å². The minimum Gasteiger partial charge on any atom is -0.468 e. The molecular formula is C17H24N4O2S. The van der Waals surface area contributed by atoms with Crippen molar-refractivity contribution >= 4 is 17.4 Å². The summed E-state index contributed by atoms with van der Waals surface area (Å²) in [6, 6.07) is 3.80. The Morgan fingerprint density at radius 2 is 2.21 bits per heavy atom. The highest BCUT2D eigenvalue weighted by atomic mass is 32.1. The van der Waals surface area contributed by atoms with Crippen molar-refractivity contribution < 1.29 is 9.21 Å². The molecule has 7 heteroatoms. The van der Waals surface area contributed by atoms with Gasteiger partial charge in [0.15, 0.2) is 0 Å². The van der Waals surface area contributed by atoms with Gasteiger partial charge in [-0.15, -0.1) is 11.3 Å². The zero-order chi connectivity index (χ0) is 16.8. The maximum Gasteiger partial charge on any atom is 0.315 e. The SMILES string of the molecule is Cc1nc(CNC(=O)NC[C@@H](c2ccco2)N2CCCCC2)cs1. The normalized spacial score (nSPS) is 16.7. The third-order valence-corrected chi connectivity index (χ3v) is 5.08. The maximum absolute atomic E-state index is 12.1. The van der Waals surface area contributed by atoms with E-state index in [1.165, 1.54) is 19.3 Å². The first-order valence-electron chi connectivity index (χ1n) is 8.42. The van der Waals surface area contributed by atoms with Gasteiger partial charge >= 0.3 is 6.03 Å². The van der Waals surface area contributed by atoms with Gasteiger partial charge in [0.05, 0.1) is 29.6 Å². The molecule has 3 heterocycles. The fourth-order valence-corrected chi connectivity index (χ4v) is 3.65. The number of likely N-dealkylation sites (tertiary alicyclic amines) is 1. The highest BCUT2D eigenvalue weighted by Crippen LogP contribution is 2.24. The van der Waals surface area contributed by atoms with E-state index in [-0.39, 0.29) is 12.1 Å². The number of nitrogens with one attached hydrogen (secondary N) is 2. The Morgan fingerprint density at radius 3 is 2.88 bits per heavy atom. The molecule has 130 valence electrons. The number of hydrogen-bond donors (Lipinski definition) is 2. The molecule has 0 spiro atoms. The van der Waals surface area contributed by atoms with Crippen LogP contribution in [-0.2, 0) is 6.54 Å². The van der Waals surface area contributed by atoms with E-state index in [1.54, 1.807) is 17.6 Å². The molecule has 24 heavy (non-hydrogen) atoms. The quantitative estimate of drug-likeness (QED) is 0.842. The van der Waals surface area contributed by atoms with Crippen molar-refractivity contribution in [1.29, 1.82) is 0 Å². The summed E-state index contributed by atoms with van der Waals surface area (Å²) >= 11 is 1.59. The van der Waals surface area contributed by atoms with Crippen molar-refractivity contribution in [3.63, 3.8) is 0 Å². The van der Waals surface area contributed by atoms with E-state index in [1.807, 2.05) is 24.4 Å². The van der Waals surface area contributed by atoms with Crippen LogP contribution >= 0.6 is 11.3 Å². The highest BCUT2D eigenvalue weighted by Gasteiger charge is 2.24. The summed E-state index contributed by atoms with van der Waals surface area (Å²) in [6.45, 7) is 5.04. The molecule has 2 N–H and O–H groups in total. The lowest BCUT2D eigenvalue weighted by molar-refractivity contribution is 0.143. The number of carbonyl (C=O) groups excluding carboxylic acids is 1. The minimum absolute atomic E-state index is 0.0903. The summed E-state index contributed by atoms with van der Waals surface area (Å²) in [4.78, 5) is 18.8. The fourth-order valence-electron chi connectivity index (χ4n) is 3.03. The molecule has 2 amide bonds. The first-order valence-corrected chi connectivity index (χ1v) is 9.30. The van der Waals surface area contributed by atoms with Gasteiger partial charge in [-0.1, -0.05) is 6.42 Å². The molecule has 0 radical (unpaired) electrons. The number of aryl methyl sites for hydroxylation is 1. The number of aromatic nitrogens is 1. The summed E-state index contributed by atoms with van der Waals surface area (Å²) in [5.74, 6) is 0.910. The summed E-state index contributed by atoms with van der Waals surface area (Å²) in [5.41, 5.74) is 0.895. The highest BCUT2D eigenvalue weighted by molar-refractivity contribution is 7.09. The largest absolute Gasteiger partial charge is 0.468 e. The van der Waals surface area contributed by atoms with Crippen molar-refractivity contribution in [2.75, 3.05) is 19.6 Å². The molecule has 0 aromatic carbocycles. The van der Waals surface area contributed by atoms with Crippen molar-refractivity contribution in [1.82, 2.24) is 20.5 Å². The third-order valence-electron chi connectivity index (χ3n) is 4.26. The second-order valence-corrected chi connectivity index (χ2v) is 7.11. The lowest BCUT2D eigenvalue weighted by atomic mass is 10.1. The Bertz CT molecular complexity index is 635. The molecule has 0 aliphatic carbocycles. The van der Waals surface area contributed by atoms with Crippen LogP contribution in [0.3, 0.4) is 0 Å². The number of amides is 2. The minimum atomic E-state index is -0.172. The van der Waals surface area contributed by atoms with Crippen LogP contribution < -0.4 is 10.6 Å². The van der Waals surface area contributed by atoms with E-state index in [0.29, 0.717) is 13.1 Å². The standard InChI is InChI=1S/C17H24N4O2S/c1-13-20-14(12-24-13)10-18-17(22)19-11-15(16-6-5-9-23-16)21-7-3-2-4-8-21/h5-6,9,12,15H,2-4,7-8,10-11H2,1H3,(H2,18,19,22)/t15-/m0/s1. The Morgan fingerprint density at radius 1 is 1.38 bits per heavy atom. The fraction of sp³-hybridized carbons (Fsp3) is 0.529. The van der Waals surface area contributed by atoms with Gasteiger partial charge in [-0.3, -0.25) is 4.90 Å². The monoisotopic (exact) mass is 348 g/mol. The number of hydrogen-bond acceptors (Lipinski definition) is 5. The van der Waals surface area contributed by atoms with Gasteiger partial charge in [-0.05, 0) is 45.0 Å². The molecule has 6 nitrogen and oxygen atoms in total. The smallest absolute Gasteiger partial charge is 0.315 e. The molecule has 1 fully saturated rings. The lowest BCUT2D eigenvalue weighted by Gasteiger charge is -2.33. The van der Waals surface area contributed by atoms with Gasteiger partial charge in [0.1, 0.15) is 5.76 Å². The molecule has 1 saturated heterocycles. The van der Waals surface area contributed by atoms with Gasteiger partial charge in [0.25, 0.3) is 0 Å². The van der Waals surface area contributed by atoms with Crippen LogP contribution in [0.25, 0.3) is 0 Å². The molecule has 1 aliphatic rings. The number of nitrogens with zero attached hydrogens (tertiary/aromatic N) is 2. The van der Waals surface area contributed by atoms with Gasteiger partial charge in [-0.2, -0.15) is 0 Å². The Labute approximate surface area is 146 Å². The van der Waals surface area contributed by atoms with Crippen molar-refractivity contribution in [3.05, 3.63) is 40.2 Å². The summed E-state index contributed by atoms with van der Waals surface area (Å²) in [6.07, 6.45) is 5.37. The van der Waals surface area contributed by atoms with E-state index in [0.717, 1.165) is 29.6 Å². The number of urea groups is 1. The lowest BCUT2D eigenvalue weighted by Crippen LogP contribution is -2.43. The molecule has 2 aromatic rings. The van der Waals surface area contributed by atoms with Crippen LogP contribution in [-0.4, -0.2) is 35.5 Å². The number of thiazole rings is 1. The van der Waals surface area contributed by atoms with Crippen LogP contribution in [0.5, 0.6) is 0 Å². The first kappa shape index (κ1) is 17.0. The first-order chi connectivity index (χ1) is 11.7. The second kappa shape index (κ2) is 8.30. The predicted octanol–water partition coefficient (Wildman–Crippen LogP) is 3.07. The Hall–Kier alpha value is -1.86. The van der Waals surface area contributed by atoms with Crippen LogP contribution in [0.4, 0.5) is 4.79 Å². The van der Waals surface area contributed by atoms with Crippen LogP contribution in [0.15, 0.2) is 28.2 Å². The zero-order valence-electron chi connectivity index (χ0n) is 14.0. The van der Waals surface area contributed by atoms with Gasteiger partial charge in [0, 0.05) is 11.9 Å². The summed E-state index contributed by atoms with van der Waals surface area (Å²) in [5, 5.41) is 8.81. The second-order valence-electron chi connectivity index (χ2n) is 6.05. The van der Waals surface area contributed by atoms with E-state index < -0.39 is 0 Å². The van der Waals surface area contributed by atoms with Gasteiger partial charge in [0.2, 0.25) is 0 Å². The molecule has 3 rings (SSSR count). The molecule has 2 aromatic heterocycles. The van der Waals surface area contributed by atoms with Crippen LogP contribution in [0.1, 0.15) is 41.8 Å². The predicted molar refractivity (Wildman–Crippen MR) is 94.0 cm³/mol. The van der Waals surface area contributed by atoms with Gasteiger partial charge in [-0.25, -0.2) is 9.78 Å². The van der Waals surface area contributed by atoms with Gasteiger partial charge < -0.3 is 15.1 Å². The molecule has 1 atom stereocenters. The molecule has 0 saturated carbocycles. The average Bonchev–Trinajstić information content (AvgIpc) is 3.26. The van der Waals surface area contributed by atoms with Crippen molar-refractivity contribution in [3.8, 4) is 0 Å². The van der Waals surface area contributed by atoms with Crippen LogP contribution in [0.2, 0.25) is 0 Å². The Kier molecular flexibility index (Phi) is 5.87. The Balaban J connectivity index is 1.52. The van der Waals surface area contributed by atoms with Crippen molar-refractivity contribution in [2.24, 2.45) is 0 Å². The average molecular weight is 348 g/mol. The number of furan rings is 1. The van der Waals surface area contributed by atoms with E-state index >= 15 is 0 Å². The molecular weight excluding hydrogens is 324 g/mol. The van der Waals surface area contributed by atoms with E-state index in [9.17, 15) is 4.79 Å². The molecule has 0 bridgehead atoms. The van der Waals surface area contributed by atoms with Crippen molar-refractivity contribution in [2.45, 2.75) is 38.8 Å². The third kappa shape index (κ3) is 4.58. The maximum atomic E-state index is 12.1. The van der Waals surface area contributed by atoms with Crippen LogP contribution in [0, 0.1) is 6.92 Å². The number of carbonyl (C=O) groups is 1. The molecule has 0 unspecified atom stereocenters.